The second-order valence-corrected chi connectivity index (χ2v) is 11.3. The van der Waals surface area contributed by atoms with E-state index in [2.05, 4.69) is 39.9 Å². The first kappa shape index (κ1) is 13.6. The number of hydrogen-bond acceptors (Lipinski definition) is 3. The number of cyclic esters (lactones) is 1. The van der Waals surface area contributed by atoms with E-state index in [0.717, 1.165) is 0 Å². The zero-order valence-electron chi connectivity index (χ0n) is 11.9. The number of amides is 1. The minimum Gasteiger partial charge on any atom is -0.447 e. The molecule has 0 aromatic rings. The van der Waals surface area contributed by atoms with Crippen molar-refractivity contribution in [2.45, 2.75) is 51.0 Å². The lowest BCUT2D eigenvalue weighted by atomic mass is 10.1. The summed E-state index contributed by atoms with van der Waals surface area (Å²) in [6, 6.07) is 0.0524. The van der Waals surface area contributed by atoms with Crippen molar-refractivity contribution in [1.29, 1.82) is 0 Å². The molecule has 0 bridgehead atoms. The van der Waals surface area contributed by atoms with Gasteiger partial charge in [-0.15, -0.1) is 0 Å². The molecule has 1 saturated heterocycles. The van der Waals surface area contributed by atoms with E-state index in [1.165, 1.54) is 0 Å². The van der Waals surface area contributed by atoms with Gasteiger partial charge in [0.2, 0.25) is 0 Å². The van der Waals surface area contributed by atoms with Crippen molar-refractivity contribution in [3.05, 3.63) is 12.2 Å². The SMILES string of the molecule is CC(C)(C)[Si](C)(C)O[C@@H]1C=CCN2C(=O)OC[C@@H]12. The third kappa shape index (κ3) is 2.33. The molecule has 102 valence electrons. The Morgan fingerprint density at radius 1 is 1.44 bits per heavy atom. The summed E-state index contributed by atoms with van der Waals surface area (Å²) in [6.45, 7) is 12.2. The summed E-state index contributed by atoms with van der Waals surface area (Å²) >= 11 is 0. The minimum absolute atomic E-state index is 0.0221. The van der Waals surface area contributed by atoms with E-state index < -0.39 is 8.32 Å². The molecule has 2 aliphatic heterocycles. The Hall–Kier alpha value is -0.813. The van der Waals surface area contributed by atoms with Gasteiger partial charge < -0.3 is 9.16 Å². The summed E-state index contributed by atoms with van der Waals surface area (Å²) in [5.74, 6) is 0. The van der Waals surface area contributed by atoms with Gasteiger partial charge in [-0.05, 0) is 18.1 Å². The maximum Gasteiger partial charge on any atom is 0.410 e. The van der Waals surface area contributed by atoms with Crippen LogP contribution in [0, 0.1) is 0 Å². The molecular formula is C13H23NO3Si. The fourth-order valence-electron chi connectivity index (χ4n) is 2.02. The van der Waals surface area contributed by atoms with Gasteiger partial charge in [0.1, 0.15) is 6.61 Å². The summed E-state index contributed by atoms with van der Waals surface area (Å²) in [4.78, 5) is 13.3. The van der Waals surface area contributed by atoms with Crippen molar-refractivity contribution in [3.63, 3.8) is 0 Å². The first-order valence-corrected chi connectivity index (χ1v) is 9.41. The first-order chi connectivity index (χ1) is 8.22. The van der Waals surface area contributed by atoms with Crippen molar-refractivity contribution in [3.8, 4) is 0 Å². The highest BCUT2D eigenvalue weighted by Gasteiger charge is 2.45. The number of carbonyl (C=O) groups excluding carboxylic acids is 1. The molecule has 0 unspecified atom stereocenters. The van der Waals surface area contributed by atoms with Crippen molar-refractivity contribution >= 4 is 14.4 Å². The van der Waals surface area contributed by atoms with Crippen LogP contribution in [0.2, 0.25) is 18.1 Å². The van der Waals surface area contributed by atoms with Crippen LogP contribution in [0.15, 0.2) is 12.2 Å². The maximum atomic E-state index is 11.5. The predicted molar refractivity (Wildman–Crippen MR) is 73.1 cm³/mol. The van der Waals surface area contributed by atoms with E-state index in [0.29, 0.717) is 13.2 Å². The lowest BCUT2D eigenvalue weighted by Gasteiger charge is -2.41. The molecule has 2 aliphatic rings. The molecule has 0 spiro atoms. The Morgan fingerprint density at radius 3 is 2.72 bits per heavy atom. The first-order valence-electron chi connectivity index (χ1n) is 6.50. The van der Waals surface area contributed by atoms with Crippen LogP contribution >= 0.6 is 0 Å². The third-order valence-corrected chi connectivity index (χ3v) is 8.73. The van der Waals surface area contributed by atoms with Crippen molar-refractivity contribution in [2.75, 3.05) is 13.2 Å². The summed E-state index contributed by atoms with van der Waals surface area (Å²) in [5, 5.41) is 0.173. The van der Waals surface area contributed by atoms with Crippen LogP contribution in [-0.4, -0.2) is 44.6 Å². The van der Waals surface area contributed by atoms with Gasteiger partial charge in [0.05, 0.1) is 12.1 Å². The van der Waals surface area contributed by atoms with Crippen LogP contribution in [0.25, 0.3) is 0 Å². The number of hydrogen-bond donors (Lipinski definition) is 0. The Balaban J connectivity index is 2.12. The van der Waals surface area contributed by atoms with E-state index in [9.17, 15) is 4.79 Å². The predicted octanol–water partition coefficient (Wildman–Crippen LogP) is 2.77. The van der Waals surface area contributed by atoms with E-state index in [4.69, 9.17) is 9.16 Å². The summed E-state index contributed by atoms with van der Waals surface area (Å²) < 4.78 is 11.5. The summed E-state index contributed by atoms with van der Waals surface area (Å²) in [7, 11) is -1.82. The quantitative estimate of drug-likeness (QED) is 0.571. The van der Waals surface area contributed by atoms with E-state index in [-0.39, 0.29) is 23.3 Å². The van der Waals surface area contributed by atoms with Gasteiger partial charge in [0, 0.05) is 6.54 Å². The van der Waals surface area contributed by atoms with Gasteiger partial charge in [0.15, 0.2) is 8.32 Å². The number of carbonyl (C=O) groups is 1. The van der Waals surface area contributed by atoms with Crippen LogP contribution < -0.4 is 0 Å². The highest BCUT2D eigenvalue weighted by Crippen LogP contribution is 2.38. The van der Waals surface area contributed by atoms with Crippen molar-refractivity contribution in [2.24, 2.45) is 0 Å². The Labute approximate surface area is 110 Å². The molecule has 4 nitrogen and oxygen atoms in total. The second-order valence-electron chi connectivity index (χ2n) is 6.57. The Bertz CT molecular complexity index is 373. The zero-order chi connectivity index (χ0) is 13.6. The van der Waals surface area contributed by atoms with Crippen LogP contribution in [0.5, 0.6) is 0 Å². The molecule has 0 aromatic carbocycles. The Morgan fingerprint density at radius 2 is 2.11 bits per heavy atom. The molecule has 2 heterocycles. The lowest BCUT2D eigenvalue weighted by Crippen LogP contribution is -2.52. The monoisotopic (exact) mass is 269 g/mol. The van der Waals surface area contributed by atoms with Gasteiger partial charge in [-0.2, -0.15) is 0 Å². The normalized spacial score (nSPS) is 28.3. The number of ether oxygens (including phenoxy) is 1. The van der Waals surface area contributed by atoms with Crippen molar-refractivity contribution in [1.82, 2.24) is 4.90 Å². The molecule has 18 heavy (non-hydrogen) atoms. The molecule has 1 fully saturated rings. The van der Waals surface area contributed by atoms with Gasteiger partial charge in [-0.25, -0.2) is 4.79 Å². The molecule has 0 saturated carbocycles. The summed E-state index contributed by atoms with van der Waals surface area (Å²) in [5.41, 5.74) is 0. The van der Waals surface area contributed by atoms with Crippen molar-refractivity contribution < 1.29 is 14.0 Å². The van der Waals surface area contributed by atoms with Gasteiger partial charge in [-0.3, -0.25) is 4.90 Å². The van der Waals surface area contributed by atoms with Gasteiger partial charge in [0.25, 0.3) is 0 Å². The highest BCUT2D eigenvalue weighted by molar-refractivity contribution is 6.74. The van der Waals surface area contributed by atoms with Crippen LogP contribution in [0.3, 0.4) is 0 Å². The molecule has 5 heteroatoms. The molecule has 2 atom stereocenters. The maximum absolute atomic E-state index is 11.5. The molecule has 0 aliphatic carbocycles. The largest absolute Gasteiger partial charge is 0.447 e. The number of nitrogens with zero attached hydrogens (tertiary/aromatic N) is 1. The van der Waals surface area contributed by atoms with Crippen LogP contribution in [-0.2, 0) is 9.16 Å². The van der Waals surface area contributed by atoms with E-state index in [1.807, 2.05) is 6.08 Å². The molecule has 0 N–H and O–H groups in total. The zero-order valence-corrected chi connectivity index (χ0v) is 12.9. The molecule has 0 aromatic heterocycles. The van der Waals surface area contributed by atoms with E-state index in [1.54, 1.807) is 4.90 Å². The standard InChI is InChI=1S/C13H23NO3Si/c1-13(2,3)18(4,5)17-11-7-6-8-14-10(11)9-16-12(14)15/h6-7,10-11H,8-9H2,1-5H3/t10-,11+/m0/s1. The highest BCUT2D eigenvalue weighted by atomic mass is 28.4. The number of fused-ring (bicyclic) bond motifs is 1. The fraction of sp³-hybridized carbons (Fsp3) is 0.769. The number of rotatable bonds is 2. The molecule has 1 amide bonds. The van der Waals surface area contributed by atoms with Gasteiger partial charge in [-0.1, -0.05) is 32.9 Å². The Kier molecular flexibility index (Phi) is 3.31. The third-order valence-electron chi connectivity index (χ3n) is 4.26. The molecular weight excluding hydrogens is 246 g/mol. The topological polar surface area (TPSA) is 38.8 Å². The van der Waals surface area contributed by atoms with Gasteiger partial charge >= 0.3 is 6.09 Å². The van der Waals surface area contributed by atoms with E-state index >= 15 is 0 Å². The fourth-order valence-corrected chi connectivity index (χ4v) is 3.29. The lowest BCUT2D eigenvalue weighted by molar-refractivity contribution is 0.124. The smallest absolute Gasteiger partial charge is 0.410 e. The minimum atomic E-state index is -1.82. The molecule has 2 rings (SSSR count). The average molecular weight is 269 g/mol. The summed E-state index contributed by atoms with van der Waals surface area (Å²) in [6.07, 6.45) is 3.85. The molecule has 0 radical (unpaired) electrons. The second kappa shape index (κ2) is 4.38. The van der Waals surface area contributed by atoms with Crippen LogP contribution in [0.1, 0.15) is 20.8 Å². The van der Waals surface area contributed by atoms with Crippen LogP contribution in [0.4, 0.5) is 4.79 Å². The average Bonchev–Trinajstić information content (AvgIpc) is 2.60.